The summed E-state index contributed by atoms with van der Waals surface area (Å²) in [6.45, 7) is 0. The summed E-state index contributed by atoms with van der Waals surface area (Å²) in [6.07, 6.45) is 0. The van der Waals surface area contributed by atoms with Crippen LogP contribution in [-0.2, 0) is 0 Å². The molecule has 12 heavy (non-hydrogen) atoms. The van der Waals surface area contributed by atoms with E-state index in [1.165, 1.54) is 7.11 Å². The number of ether oxygens (including phenoxy) is 1. The topological polar surface area (TPSA) is 47.3 Å². The Bertz CT molecular complexity index is 293. The second-order valence-corrected chi connectivity index (χ2v) is 2.94. The molecule has 5 heteroatoms. The number of nitrogens with two attached hydrogens (primary N) is 1. The normalized spacial score (nSPS) is 9.67. The molecule has 1 aromatic rings. The first-order valence-corrected chi connectivity index (χ1v) is 3.98. The van der Waals surface area contributed by atoms with E-state index in [1.54, 1.807) is 12.1 Å². The zero-order chi connectivity index (χ0) is 9.14. The molecular formula is C7H8BrFN2O. The predicted molar refractivity (Wildman–Crippen MR) is 48.5 cm³/mol. The molecule has 0 radical (unpaired) electrons. The first kappa shape index (κ1) is 9.28. The van der Waals surface area contributed by atoms with Gasteiger partial charge in [0.2, 0.25) is 0 Å². The van der Waals surface area contributed by atoms with Crippen molar-refractivity contribution in [1.29, 1.82) is 0 Å². The van der Waals surface area contributed by atoms with Gasteiger partial charge in [0, 0.05) is 0 Å². The van der Waals surface area contributed by atoms with Crippen LogP contribution in [-0.4, -0.2) is 7.11 Å². The van der Waals surface area contributed by atoms with E-state index in [2.05, 4.69) is 21.4 Å². The monoisotopic (exact) mass is 234 g/mol. The summed E-state index contributed by atoms with van der Waals surface area (Å²) in [5.74, 6) is 4.77. The van der Waals surface area contributed by atoms with E-state index in [1.807, 2.05) is 0 Å². The maximum atomic E-state index is 13.2. The molecule has 0 aliphatic carbocycles. The molecule has 0 aliphatic rings. The van der Waals surface area contributed by atoms with Gasteiger partial charge in [0.05, 0.1) is 17.3 Å². The highest BCUT2D eigenvalue weighted by Gasteiger charge is 2.11. The third-order valence-corrected chi connectivity index (χ3v) is 2.02. The van der Waals surface area contributed by atoms with Gasteiger partial charge in [-0.05, 0) is 28.1 Å². The van der Waals surface area contributed by atoms with E-state index in [4.69, 9.17) is 10.6 Å². The van der Waals surface area contributed by atoms with E-state index < -0.39 is 5.82 Å². The summed E-state index contributed by atoms with van der Waals surface area (Å²) in [6, 6.07) is 3.17. The Balaban J connectivity index is 3.25. The van der Waals surface area contributed by atoms with Gasteiger partial charge in [0.25, 0.3) is 0 Å². The second kappa shape index (κ2) is 3.73. The van der Waals surface area contributed by atoms with Crippen molar-refractivity contribution in [3.8, 4) is 5.75 Å². The summed E-state index contributed by atoms with van der Waals surface area (Å²) in [5, 5.41) is 0. The van der Waals surface area contributed by atoms with Crippen molar-refractivity contribution in [1.82, 2.24) is 0 Å². The molecule has 66 valence electrons. The van der Waals surface area contributed by atoms with Crippen molar-refractivity contribution in [3.63, 3.8) is 0 Å². The van der Waals surface area contributed by atoms with E-state index in [0.29, 0.717) is 10.2 Å². The molecule has 0 atom stereocenters. The van der Waals surface area contributed by atoms with Crippen molar-refractivity contribution >= 4 is 21.6 Å². The maximum absolute atomic E-state index is 13.2. The van der Waals surface area contributed by atoms with Crippen LogP contribution in [0.3, 0.4) is 0 Å². The van der Waals surface area contributed by atoms with E-state index >= 15 is 0 Å². The number of anilines is 1. The molecule has 0 amide bonds. The number of hydrogen-bond donors (Lipinski definition) is 2. The number of rotatable bonds is 2. The summed E-state index contributed by atoms with van der Waals surface area (Å²) in [7, 11) is 1.38. The van der Waals surface area contributed by atoms with Gasteiger partial charge in [-0.1, -0.05) is 0 Å². The number of halogens is 2. The van der Waals surface area contributed by atoms with Gasteiger partial charge in [-0.2, -0.15) is 0 Å². The lowest BCUT2D eigenvalue weighted by atomic mass is 10.3. The van der Waals surface area contributed by atoms with E-state index in [0.717, 1.165) is 0 Å². The lowest BCUT2D eigenvalue weighted by Crippen LogP contribution is -2.08. The van der Waals surface area contributed by atoms with Crippen LogP contribution in [0.2, 0.25) is 0 Å². The molecule has 0 saturated heterocycles. The Hall–Kier alpha value is -0.810. The Labute approximate surface area is 77.8 Å². The van der Waals surface area contributed by atoms with Gasteiger partial charge in [0.1, 0.15) is 0 Å². The largest absolute Gasteiger partial charge is 0.492 e. The Morgan fingerprint density at radius 2 is 2.25 bits per heavy atom. The molecule has 0 fully saturated rings. The second-order valence-electron chi connectivity index (χ2n) is 2.09. The van der Waals surface area contributed by atoms with Crippen molar-refractivity contribution in [3.05, 3.63) is 22.4 Å². The van der Waals surface area contributed by atoms with Crippen LogP contribution in [0.1, 0.15) is 0 Å². The van der Waals surface area contributed by atoms with Gasteiger partial charge in [0.15, 0.2) is 11.6 Å². The minimum absolute atomic E-state index is 0.104. The van der Waals surface area contributed by atoms with Crippen molar-refractivity contribution in [2.75, 3.05) is 12.5 Å². The summed E-state index contributed by atoms with van der Waals surface area (Å²) in [5.41, 5.74) is 2.74. The van der Waals surface area contributed by atoms with E-state index in [9.17, 15) is 4.39 Å². The fourth-order valence-corrected chi connectivity index (χ4v) is 1.16. The molecule has 0 spiro atoms. The highest BCUT2D eigenvalue weighted by Crippen LogP contribution is 2.31. The summed E-state index contributed by atoms with van der Waals surface area (Å²) >= 11 is 3.03. The molecule has 0 aromatic heterocycles. The molecule has 0 bridgehead atoms. The smallest absolute Gasteiger partial charge is 0.181 e. The number of hydrogen-bond acceptors (Lipinski definition) is 3. The zero-order valence-electron chi connectivity index (χ0n) is 6.40. The van der Waals surface area contributed by atoms with E-state index in [-0.39, 0.29) is 5.75 Å². The van der Waals surface area contributed by atoms with Crippen LogP contribution >= 0.6 is 15.9 Å². The van der Waals surface area contributed by atoms with Crippen LogP contribution in [0.4, 0.5) is 10.1 Å². The van der Waals surface area contributed by atoms with Gasteiger partial charge in [-0.25, -0.2) is 4.39 Å². The quantitative estimate of drug-likeness (QED) is 0.607. The first-order chi connectivity index (χ1) is 5.70. The number of nitrogens with one attached hydrogen (secondary N) is 1. The number of methoxy groups -OCH3 is 1. The molecule has 3 N–H and O–H groups in total. The number of hydrazine groups is 1. The third kappa shape index (κ3) is 1.51. The molecule has 0 saturated carbocycles. The molecule has 0 aliphatic heterocycles. The highest BCUT2D eigenvalue weighted by atomic mass is 79.9. The average molecular weight is 235 g/mol. The molecular weight excluding hydrogens is 227 g/mol. The predicted octanol–water partition coefficient (Wildman–Crippen LogP) is 1.88. The fourth-order valence-electron chi connectivity index (χ4n) is 0.845. The van der Waals surface area contributed by atoms with Gasteiger partial charge >= 0.3 is 0 Å². The van der Waals surface area contributed by atoms with Crippen molar-refractivity contribution in [2.24, 2.45) is 5.84 Å². The number of nitrogen functional groups attached to an aromatic ring is 1. The number of benzene rings is 1. The molecule has 3 nitrogen and oxygen atoms in total. The standard InChI is InChI=1S/C7H8BrFN2O/c1-12-7-5(11-10)3-2-4(8)6(7)9/h2-3,11H,10H2,1H3. The van der Waals surface area contributed by atoms with Crippen LogP contribution in [0.25, 0.3) is 0 Å². The summed E-state index contributed by atoms with van der Waals surface area (Å²) < 4.78 is 18.3. The van der Waals surface area contributed by atoms with Gasteiger partial charge in [-0.3, -0.25) is 5.84 Å². The van der Waals surface area contributed by atoms with Crippen LogP contribution < -0.4 is 16.0 Å². The minimum atomic E-state index is -0.465. The molecule has 1 aromatic carbocycles. The maximum Gasteiger partial charge on any atom is 0.181 e. The van der Waals surface area contributed by atoms with Crippen LogP contribution in [0.15, 0.2) is 16.6 Å². The van der Waals surface area contributed by atoms with Gasteiger partial charge in [-0.15, -0.1) is 0 Å². The fraction of sp³-hybridized carbons (Fsp3) is 0.143. The molecule has 0 heterocycles. The van der Waals surface area contributed by atoms with Gasteiger partial charge < -0.3 is 10.2 Å². The zero-order valence-corrected chi connectivity index (χ0v) is 7.98. The lowest BCUT2D eigenvalue weighted by Gasteiger charge is -2.08. The Morgan fingerprint density at radius 3 is 2.75 bits per heavy atom. The average Bonchev–Trinajstić information content (AvgIpc) is 2.09. The van der Waals surface area contributed by atoms with Crippen LogP contribution in [0.5, 0.6) is 5.75 Å². The Kier molecular flexibility index (Phi) is 2.88. The third-order valence-electron chi connectivity index (χ3n) is 1.41. The highest BCUT2D eigenvalue weighted by molar-refractivity contribution is 9.10. The van der Waals surface area contributed by atoms with Crippen molar-refractivity contribution in [2.45, 2.75) is 0 Å². The summed E-state index contributed by atoms with van der Waals surface area (Å²) in [4.78, 5) is 0. The first-order valence-electron chi connectivity index (χ1n) is 3.19. The molecule has 1 rings (SSSR count). The van der Waals surface area contributed by atoms with Crippen LogP contribution in [0, 0.1) is 5.82 Å². The lowest BCUT2D eigenvalue weighted by molar-refractivity contribution is 0.387. The SMILES string of the molecule is COc1c(NN)ccc(Br)c1F. The minimum Gasteiger partial charge on any atom is -0.492 e. The van der Waals surface area contributed by atoms with Crippen molar-refractivity contribution < 1.29 is 9.13 Å². The Morgan fingerprint density at radius 1 is 1.58 bits per heavy atom. The molecule has 0 unspecified atom stereocenters.